The van der Waals surface area contributed by atoms with Crippen LogP contribution >= 0.6 is 23.3 Å². The summed E-state index contributed by atoms with van der Waals surface area (Å²) in [6.07, 6.45) is 1.84. The van der Waals surface area contributed by atoms with Crippen molar-refractivity contribution in [2.45, 2.75) is 0 Å². The fourth-order valence-electron chi connectivity index (χ4n) is 3.01. The van der Waals surface area contributed by atoms with Crippen LogP contribution in [0.15, 0.2) is 36.5 Å². The van der Waals surface area contributed by atoms with E-state index in [-0.39, 0.29) is 6.79 Å². The summed E-state index contributed by atoms with van der Waals surface area (Å²) < 4.78 is 27.8. The molecule has 0 saturated heterocycles. The van der Waals surface area contributed by atoms with Crippen molar-refractivity contribution in [2.75, 3.05) is 32.5 Å². The number of nitrogens with zero attached hydrogens (tertiary/aromatic N) is 2. The summed E-state index contributed by atoms with van der Waals surface area (Å²) in [4.78, 5) is 1.000. The SMILES string of the molecule is COc1ccc(-c2cnsc2-c2cc(OC)c3c(c2)OCO3)cc1N(C)Cl. The van der Waals surface area contributed by atoms with Crippen molar-refractivity contribution >= 4 is 29.0 Å². The molecule has 2 heterocycles. The number of methoxy groups -OCH3 is 2. The second-order valence-corrected chi connectivity index (χ2v) is 7.15. The quantitative estimate of drug-likeness (QED) is 0.568. The molecule has 0 fully saturated rings. The van der Waals surface area contributed by atoms with E-state index in [4.69, 9.17) is 30.7 Å². The van der Waals surface area contributed by atoms with Gasteiger partial charge in [-0.1, -0.05) is 6.07 Å². The molecule has 3 aromatic rings. The van der Waals surface area contributed by atoms with Gasteiger partial charge in [0, 0.05) is 36.1 Å². The van der Waals surface area contributed by atoms with Crippen LogP contribution in [0, 0.1) is 0 Å². The van der Waals surface area contributed by atoms with Gasteiger partial charge in [0.25, 0.3) is 0 Å². The summed E-state index contributed by atoms with van der Waals surface area (Å²) in [5, 5.41) is 0. The third kappa shape index (κ3) is 3.13. The predicted octanol–water partition coefficient (Wildman–Crippen LogP) is 4.81. The van der Waals surface area contributed by atoms with Crippen LogP contribution in [-0.4, -0.2) is 32.4 Å². The van der Waals surface area contributed by atoms with Crippen LogP contribution in [-0.2, 0) is 0 Å². The molecular formula is C19H17ClN2O4S. The Labute approximate surface area is 166 Å². The minimum absolute atomic E-state index is 0.189. The number of hydrogen-bond donors (Lipinski definition) is 0. The van der Waals surface area contributed by atoms with Gasteiger partial charge in [-0.25, -0.2) is 0 Å². The summed E-state index contributed by atoms with van der Waals surface area (Å²) in [7, 11) is 4.99. The Bertz CT molecular complexity index is 990. The van der Waals surface area contributed by atoms with E-state index in [1.165, 1.54) is 16.0 Å². The molecule has 0 radical (unpaired) electrons. The summed E-state index contributed by atoms with van der Waals surface area (Å²) in [6.45, 7) is 0.189. The molecule has 0 N–H and O–H groups in total. The van der Waals surface area contributed by atoms with E-state index in [0.29, 0.717) is 23.0 Å². The minimum atomic E-state index is 0.189. The molecule has 0 saturated carbocycles. The van der Waals surface area contributed by atoms with E-state index in [9.17, 15) is 0 Å². The average molecular weight is 405 g/mol. The lowest BCUT2D eigenvalue weighted by Crippen LogP contribution is -2.03. The Hall–Kier alpha value is -2.64. The molecule has 6 nitrogen and oxygen atoms in total. The minimum Gasteiger partial charge on any atom is -0.495 e. The van der Waals surface area contributed by atoms with Crippen molar-refractivity contribution in [3.05, 3.63) is 36.5 Å². The average Bonchev–Trinajstić information content (AvgIpc) is 3.35. The Kier molecular flexibility index (Phi) is 4.72. The smallest absolute Gasteiger partial charge is 0.231 e. The number of aromatic nitrogens is 1. The van der Waals surface area contributed by atoms with Gasteiger partial charge in [0.1, 0.15) is 5.75 Å². The number of rotatable bonds is 5. The Morgan fingerprint density at radius 2 is 1.89 bits per heavy atom. The van der Waals surface area contributed by atoms with Gasteiger partial charge in [0.15, 0.2) is 11.5 Å². The summed E-state index contributed by atoms with van der Waals surface area (Å²) >= 11 is 7.58. The molecule has 0 unspecified atom stereocenters. The van der Waals surface area contributed by atoms with Gasteiger partial charge in [-0.15, -0.1) is 0 Å². The first-order valence-electron chi connectivity index (χ1n) is 8.13. The fraction of sp³-hybridized carbons (Fsp3) is 0.211. The van der Waals surface area contributed by atoms with Crippen molar-refractivity contribution in [1.29, 1.82) is 0 Å². The molecular weight excluding hydrogens is 388 g/mol. The Balaban J connectivity index is 1.82. The molecule has 4 rings (SSSR count). The maximum atomic E-state index is 6.17. The topological polar surface area (TPSA) is 53.1 Å². The largest absolute Gasteiger partial charge is 0.495 e. The van der Waals surface area contributed by atoms with Gasteiger partial charge >= 0.3 is 0 Å². The molecule has 1 aliphatic rings. The number of fused-ring (bicyclic) bond motifs is 1. The lowest BCUT2D eigenvalue weighted by molar-refractivity contribution is 0.171. The fourth-order valence-corrected chi connectivity index (χ4v) is 3.90. The highest BCUT2D eigenvalue weighted by Crippen LogP contribution is 2.47. The van der Waals surface area contributed by atoms with E-state index in [1.807, 2.05) is 36.5 Å². The number of ether oxygens (including phenoxy) is 4. The molecule has 0 atom stereocenters. The normalized spacial score (nSPS) is 12.1. The highest BCUT2D eigenvalue weighted by Gasteiger charge is 2.23. The second-order valence-electron chi connectivity index (χ2n) is 5.84. The highest BCUT2D eigenvalue weighted by atomic mass is 35.5. The molecule has 0 aliphatic carbocycles. The molecule has 140 valence electrons. The van der Waals surface area contributed by atoms with E-state index >= 15 is 0 Å². The van der Waals surface area contributed by atoms with Gasteiger partial charge in [-0.05, 0) is 41.4 Å². The summed E-state index contributed by atoms with van der Waals surface area (Å²) in [5.41, 5.74) is 3.70. The zero-order valence-corrected chi connectivity index (χ0v) is 16.6. The van der Waals surface area contributed by atoms with Crippen LogP contribution in [0.2, 0.25) is 0 Å². The van der Waals surface area contributed by atoms with Gasteiger partial charge in [-0.2, -0.15) is 4.37 Å². The standard InChI is InChI=1S/C19H17ClN2O4S/c1-22(20)14-6-11(4-5-15(14)23-2)13-9-21-27-19(13)12-7-16(24-3)18-17(8-12)25-10-26-18/h4-9H,10H2,1-3H3. The van der Waals surface area contributed by atoms with Gasteiger partial charge in [-0.3, -0.25) is 4.42 Å². The van der Waals surface area contributed by atoms with Gasteiger partial charge < -0.3 is 18.9 Å². The van der Waals surface area contributed by atoms with Crippen molar-refractivity contribution in [3.63, 3.8) is 0 Å². The molecule has 0 bridgehead atoms. The lowest BCUT2D eigenvalue weighted by Gasteiger charge is -2.15. The van der Waals surface area contributed by atoms with Crippen LogP contribution in [0.4, 0.5) is 5.69 Å². The second kappa shape index (κ2) is 7.17. The van der Waals surface area contributed by atoms with Crippen LogP contribution < -0.4 is 23.4 Å². The maximum absolute atomic E-state index is 6.17. The lowest BCUT2D eigenvalue weighted by atomic mass is 10.0. The third-order valence-corrected chi connectivity index (χ3v) is 5.34. The van der Waals surface area contributed by atoms with E-state index < -0.39 is 0 Å². The number of halogens is 1. The third-order valence-electron chi connectivity index (χ3n) is 4.31. The van der Waals surface area contributed by atoms with Gasteiger partial charge in [0.2, 0.25) is 12.5 Å². The molecule has 8 heteroatoms. The van der Waals surface area contributed by atoms with Crippen molar-refractivity contribution in [3.8, 4) is 44.6 Å². The zero-order chi connectivity index (χ0) is 19.0. The molecule has 27 heavy (non-hydrogen) atoms. The molecule has 2 aromatic carbocycles. The molecule has 1 aromatic heterocycles. The summed E-state index contributed by atoms with van der Waals surface area (Å²) in [6, 6.07) is 9.73. The highest BCUT2D eigenvalue weighted by molar-refractivity contribution is 7.10. The van der Waals surface area contributed by atoms with E-state index in [2.05, 4.69) is 4.37 Å². The van der Waals surface area contributed by atoms with Crippen LogP contribution in [0.5, 0.6) is 23.0 Å². The van der Waals surface area contributed by atoms with Gasteiger partial charge in [0.05, 0.1) is 24.8 Å². The first-order valence-corrected chi connectivity index (χ1v) is 9.24. The van der Waals surface area contributed by atoms with Crippen LogP contribution in [0.1, 0.15) is 0 Å². The summed E-state index contributed by atoms with van der Waals surface area (Å²) in [5.74, 6) is 2.63. The van der Waals surface area contributed by atoms with E-state index in [1.54, 1.807) is 21.3 Å². The number of anilines is 1. The Morgan fingerprint density at radius 1 is 1.07 bits per heavy atom. The van der Waals surface area contributed by atoms with Crippen molar-refractivity contribution in [2.24, 2.45) is 0 Å². The van der Waals surface area contributed by atoms with E-state index in [0.717, 1.165) is 27.3 Å². The monoisotopic (exact) mass is 404 g/mol. The zero-order valence-electron chi connectivity index (χ0n) is 15.0. The number of hydrogen-bond acceptors (Lipinski definition) is 7. The number of benzene rings is 2. The first-order chi connectivity index (χ1) is 13.1. The Morgan fingerprint density at radius 3 is 2.63 bits per heavy atom. The first kappa shape index (κ1) is 17.8. The predicted molar refractivity (Wildman–Crippen MR) is 106 cm³/mol. The molecule has 0 spiro atoms. The van der Waals surface area contributed by atoms with Crippen molar-refractivity contribution in [1.82, 2.24) is 4.37 Å². The molecule has 1 aliphatic heterocycles. The van der Waals surface area contributed by atoms with Crippen LogP contribution in [0.25, 0.3) is 21.6 Å². The van der Waals surface area contributed by atoms with Crippen LogP contribution in [0.3, 0.4) is 0 Å². The van der Waals surface area contributed by atoms with Crippen molar-refractivity contribution < 1.29 is 18.9 Å². The molecule has 0 amide bonds. The maximum Gasteiger partial charge on any atom is 0.231 e.